The molecule has 3 rings (SSSR count). The molecule has 3 aliphatic rings. The summed E-state index contributed by atoms with van der Waals surface area (Å²) in [5.41, 5.74) is 0. The first-order valence-corrected chi connectivity index (χ1v) is 8.42. The van der Waals surface area contributed by atoms with Gasteiger partial charge in [-0.15, -0.1) is 0 Å². The Morgan fingerprint density at radius 1 is 1.10 bits per heavy atom. The number of hydrogen-bond acceptors (Lipinski definition) is 3. The lowest BCUT2D eigenvalue weighted by molar-refractivity contribution is -0.144. The molecule has 114 valence electrons. The molecule has 0 bridgehead atoms. The first-order chi connectivity index (χ1) is 9.79. The Kier molecular flexibility index (Phi) is 4.61. The number of carbonyl (C=O) groups excluding carboxylic acids is 1. The molecule has 0 N–H and O–H groups in total. The molecular formula is C16H28N2O2. The van der Waals surface area contributed by atoms with E-state index in [9.17, 15) is 4.79 Å². The Morgan fingerprint density at radius 3 is 2.35 bits per heavy atom. The smallest absolute Gasteiger partial charge is 0.225 e. The van der Waals surface area contributed by atoms with Crippen LogP contribution in [0.25, 0.3) is 0 Å². The van der Waals surface area contributed by atoms with Crippen LogP contribution in [0.2, 0.25) is 0 Å². The van der Waals surface area contributed by atoms with Gasteiger partial charge in [0.15, 0.2) is 0 Å². The number of ether oxygens (including phenoxy) is 1. The minimum Gasteiger partial charge on any atom is -0.381 e. The summed E-state index contributed by atoms with van der Waals surface area (Å²) in [5, 5.41) is 0. The van der Waals surface area contributed by atoms with E-state index in [1.54, 1.807) is 0 Å². The molecule has 0 unspecified atom stereocenters. The van der Waals surface area contributed by atoms with E-state index in [0.29, 0.717) is 23.9 Å². The van der Waals surface area contributed by atoms with Crippen LogP contribution in [0.1, 0.15) is 45.4 Å². The SMILES string of the molecule is CCN(C1CCOCC1)C1CN(C(=O)C2CCCC2)C1. The molecule has 0 spiro atoms. The molecule has 4 nitrogen and oxygen atoms in total. The minimum absolute atomic E-state index is 0.342. The summed E-state index contributed by atoms with van der Waals surface area (Å²) in [6.07, 6.45) is 7.05. The number of carbonyl (C=O) groups is 1. The first-order valence-electron chi connectivity index (χ1n) is 8.42. The van der Waals surface area contributed by atoms with Crippen molar-refractivity contribution in [1.29, 1.82) is 0 Å². The molecule has 2 aliphatic heterocycles. The Bertz CT molecular complexity index is 329. The fourth-order valence-electron chi connectivity index (χ4n) is 4.11. The van der Waals surface area contributed by atoms with E-state index in [4.69, 9.17) is 4.74 Å². The summed E-state index contributed by atoms with van der Waals surface area (Å²) in [6, 6.07) is 1.26. The van der Waals surface area contributed by atoms with Crippen LogP contribution in [-0.2, 0) is 9.53 Å². The largest absolute Gasteiger partial charge is 0.381 e. The van der Waals surface area contributed by atoms with Gasteiger partial charge in [0.2, 0.25) is 5.91 Å². The summed E-state index contributed by atoms with van der Waals surface area (Å²) >= 11 is 0. The van der Waals surface area contributed by atoms with Crippen molar-refractivity contribution in [2.45, 2.75) is 57.5 Å². The van der Waals surface area contributed by atoms with Crippen LogP contribution in [0, 0.1) is 5.92 Å². The molecule has 20 heavy (non-hydrogen) atoms. The highest BCUT2D eigenvalue weighted by molar-refractivity contribution is 5.80. The van der Waals surface area contributed by atoms with Crippen molar-refractivity contribution < 1.29 is 9.53 Å². The molecule has 3 fully saturated rings. The number of hydrogen-bond donors (Lipinski definition) is 0. The van der Waals surface area contributed by atoms with Crippen molar-refractivity contribution in [1.82, 2.24) is 9.80 Å². The van der Waals surface area contributed by atoms with Crippen LogP contribution in [0.15, 0.2) is 0 Å². The van der Waals surface area contributed by atoms with Crippen molar-refractivity contribution in [2.24, 2.45) is 5.92 Å². The molecule has 0 atom stereocenters. The number of rotatable bonds is 4. The Hall–Kier alpha value is -0.610. The Morgan fingerprint density at radius 2 is 1.75 bits per heavy atom. The second-order valence-corrected chi connectivity index (χ2v) is 6.55. The molecule has 1 amide bonds. The van der Waals surface area contributed by atoms with E-state index < -0.39 is 0 Å². The van der Waals surface area contributed by atoms with Crippen molar-refractivity contribution in [3.8, 4) is 0 Å². The van der Waals surface area contributed by atoms with Crippen LogP contribution < -0.4 is 0 Å². The lowest BCUT2D eigenvalue weighted by atomic mass is 9.97. The third-order valence-electron chi connectivity index (χ3n) is 5.37. The highest BCUT2D eigenvalue weighted by Crippen LogP contribution is 2.30. The van der Waals surface area contributed by atoms with Gasteiger partial charge >= 0.3 is 0 Å². The minimum atomic E-state index is 0.342. The topological polar surface area (TPSA) is 32.8 Å². The zero-order chi connectivity index (χ0) is 13.9. The van der Waals surface area contributed by atoms with Crippen molar-refractivity contribution >= 4 is 5.91 Å². The van der Waals surface area contributed by atoms with E-state index in [-0.39, 0.29) is 0 Å². The molecule has 0 aromatic heterocycles. The quantitative estimate of drug-likeness (QED) is 0.788. The van der Waals surface area contributed by atoms with Crippen LogP contribution in [0.3, 0.4) is 0 Å². The number of nitrogens with zero attached hydrogens (tertiary/aromatic N) is 2. The number of likely N-dealkylation sites (tertiary alicyclic amines) is 1. The summed E-state index contributed by atoms with van der Waals surface area (Å²) in [5.74, 6) is 0.774. The molecule has 1 saturated carbocycles. The van der Waals surface area contributed by atoms with Gasteiger partial charge in [0.1, 0.15) is 0 Å². The summed E-state index contributed by atoms with van der Waals surface area (Å²) < 4.78 is 5.46. The third-order valence-corrected chi connectivity index (χ3v) is 5.37. The average Bonchev–Trinajstić information content (AvgIpc) is 2.96. The van der Waals surface area contributed by atoms with Gasteiger partial charge < -0.3 is 9.64 Å². The molecule has 0 radical (unpaired) electrons. The van der Waals surface area contributed by atoms with Crippen molar-refractivity contribution in [2.75, 3.05) is 32.8 Å². The second-order valence-electron chi connectivity index (χ2n) is 6.55. The lowest BCUT2D eigenvalue weighted by Crippen LogP contribution is -2.64. The fraction of sp³-hybridized carbons (Fsp3) is 0.938. The maximum absolute atomic E-state index is 12.3. The van der Waals surface area contributed by atoms with E-state index in [2.05, 4.69) is 16.7 Å². The molecule has 1 aliphatic carbocycles. The molecule has 0 aromatic carbocycles. The van der Waals surface area contributed by atoms with Gasteiger partial charge in [0, 0.05) is 44.3 Å². The Labute approximate surface area is 122 Å². The standard InChI is InChI=1S/C16H28N2O2/c1-2-18(14-7-9-20-10-8-14)15-11-17(12-15)16(19)13-5-3-4-6-13/h13-15H,2-12H2,1H3. The van der Waals surface area contributed by atoms with Gasteiger partial charge in [-0.25, -0.2) is 0 Å². The van der Waals surface area contributed by atoms with E-state index in [1.807, 2.05) is 0 Å². The van der Waals surface area contributed by atoms with E-state index >= 15 is 0 Å². The van der Waals surface area contributed by atoms with Gasteiger partial charge in [0.25, 0.3) is 0 Å². The molecular weight excluding hydrogens is 252 g/mol. The highest BCUT2D eigenvalue weighted by atomic mass is 16.5. The zero-order valence-electron chi connectivity index (χ0n) is 12.7. The predicted molar refractivity (Wildman–Crippen MR) is 78.5 cm³/mol. The predicted octanol–water partition coefficient (Wildman–Crippen LogP) is 1.89. The average molecular weight is 280 g/mol. The fourth-order valence-corrected chi connectivity index (χ4v) is 4.11. The third kappa shape index (κ3) is 2.86. The summed E-state index contributed by atoms with van der Waals surface area (Å²) in [7, 11) is 0. The van der Waals surface area contributed by atoms with Gasteiger partial charge in [-0.1, -0.05) is 19.8 Å². The lowest BCUT2D eigenvalue weighted by Gasteiger charge is -2.49. The maximum atomic E-state index is 12.3. The van der Waals surface area contributed by atoms with Crippen LogP contribution in [0.5, 0.6) is 0 Å². The van der Waals surface area contributed by atoms with Crippen LogP contribution in [0.4, 0.5) is 0 Å². The van der Waals surface area contributed by atoms with E-state index in [1.165, 1.54) is 12.8 Å². The maximum Gasteiger partial charge on any atom is 0.225 e. The molecule has 0 aromatic rings. The Balaban J connectivity index is 1.49. The molecule has 2 heterocycles. The van der Waals surface area contributed by atoms with Crippen LogP contribution >= 0.6 is 0 Å². The van der Waals surface area contributed by atoms with Crippen molar-refractivity contribution in [3.63, 3.8) is 0 Å². The monoisotopic (exact) mass is 280 g/mol. The van der Waals surface area contributed by atoms with Crippen LogP contribution in [-0.4, -0.2) is 60.6 Å². The van der Waals surface area contributed by atoms with Gasteiger partial charge in [-0.3, -0.25) is 9.69 Å². The molecule has 4 heteroatoms. The highest BCUT2D eigenvalue weighted by Gasteiger charge is 2.39. The first kappa shape index (κ1) is 14.3. The van der Waals surface area contributed by atoms with Gasteiger partial charge in [-0.05, 0) is 32.2 Å². The number of likely N-dealkylation sites (N-methyl/N-ethyl adjacent to an activating group) is 1. The number of amides is 1. The van der Waals surface area contributed by atoms with Gasteiger partial charge in [-0.2, -0.15) is 0 Å². The second kappa shape index (κ2) is 6.44. The normalized spacial score (nSPS) is 26.2. The zero-order valence-corrected chi connectivity index (χ0v) is 12.7. The van der Waals surface area contributed by atoms with E-state index in [0.717, 1.165) is 58.5 Å². The summed E-state index contributed by atoms with van der Waals surface area (Å²) in [6.45, 7) is 7.07. The van der Waals surface area contributed by atoms with Gasteiger partial charge in [0.05, 0.1) is 0 Å². The summed E-state index contributed by atoms with van der Waals surface area (Å²) in [4.78, 5) is 17.1. The van der Waals surface area contributed by atoms with Crippen molar-refractivity contribution in [3.05, 3.63) is 0 Å². The molecule has 2 saturated heterocycles.